The highest BCUT2D eigenvalue weighted by atomic mass is 19.1. The van der Waals surface area contributed by atoms with Gasteiger partial charge in [0.1, 0.15) is 11.6 Å². The van der Waals surface area contributed by atoms with E-state index < -0.39 is 11.6 Å². The Morgan fingerprint density at radius 2 is 2.14 bits per heavy atom. The maximum absolute atomic E-state index is 13.9. The fourth-order valence-corrected chi connectivity index (χ4v) is 3.02. The Hall–Kier alpha value is -1.79. The smallest absolute Gasteiger partial charge is 0.135 e. The zero-order valence-corrected chi connectivity index (χ0v) is 12.4. The molecule has 1 aliphatic heterocycles. The van der Waals surface area contributed by atoms with E-state index >= 15 is 0 Å². The third-order valence-corrected chi connectivity index (χ3v) is 4.32. The Bertz CT molecular complexity index is 636. The third kappa shape index (κ3) is 2.89. The number of hydrogen-bond acceptors (Lipinski definition) is 3. The first kappa shape index (κ1) is 15.1. The summed E-state index contributed by atoms with van der Waals surface area (Å²) in [6, 6.07) is 3.82. The Morgan fingerprint density at radius 3 is 2.77 bits per heavy atom. The van der Waals surface area contributed by atoms with Crippen LogP contribution in [0.15, 0.2) is 24.4 Å². The summed E-state index contributed by atoms with van der Waals surface area (Å²) in [5.74, 6) is -0.955. The van der Waals surface area contributed by atoms with Gasteiger partial charge in [-0.1, -0.05) is 6.07 Å². The largest absolute Gasteiger partial charge is 0.393 e. The van der Waals surface area contributed by atoms with Crippen LogP contribution < -0.4 is 0 Å². The van der Waals surface area contributed by atoms with Crippen molar-refractivity contribution in [3.8, 4) is 11.3 Å². The van der Waals surface area contributed by atoms with Gasteiger partial charge in [0.2, 0.25) is 0 Å². The molecule has 1 aliphatic rings. The molecule has 1 aromatic carbocycles. The van der Waals surface area contributed by atoms with E-state index in [0.29, 0.717) is 12.2 Å². The number of aliphatic hydroxyl groups excluding tert-OH is 1. The van der Waals surface area contributed by atoms with Gasteiger partial charge in [0.25, 0.3) is 0 Å². The van der Waals surface area contributed by atoms with E-state index in [2.05, 4.69) is 15.1 Å². The second kappa shape index (κ2) is 6.14. The van der Waals surface area contributed by atoms with Crippen molar-refractivity contribution >= 4 is 0 Å². The van der Waals surface area contributed by atoms with Gasteiger partial charge in [-0.05, 0) is 37.9 Å². The molecular formula is C16H19F2N3O. The van der Waals surface area contributed by atoms with E-state index in [1.165, 1.54) is 18.2 Å². The first-order valence-electron chi connectivity index (χ1n) is 7.43. The Morgan fingerprint density at radius 1 is 1.41 bits per heavy atom. The molecule has 0 amide bonds. The van der Waals surface area contributed by atoms with Gasteiger partial charge in [-0.15, -0.1) is 0 Å². The Balaban J connectivity index is 1.82. The Labute approximate surface area is 127 Å². The number of H-pyrrole nitrogens is 1. The lowest BCUT2D eigenvalue weighted by atomic mass is 10.0. The summed E-state index contributed by atoms with van der Waals surface area (Å²) >= 11 is 0. The van der Waals surface area contributed by atoms with E-state index in [9.17, 15) is 13.9 Å². The molecule has 1 saturated heterocycles. The molecule has 2 heterocycles. The monoisotopic (exact) mass is 307 g/mol. The lowest BCUT2D eigenvalue weighted by Crippen LogP contribution is -2.24. The van der Waals surface area contributed by atoms with Gasteiger partial charge in [-0.2, -0.15) is 5.10 Å². The summed E-state index contributed by atoms with van der Waals surface area (Å²) in [6.07, 6.45) is 2.20. The molecule has 2 unspecified atom stereocenters. The average Bonchev–Trinajstić information content (AvgIpc) is 3.09. The normalized spacial score (nSPS) is 20.5. The number of rotatable bonds is 4. The molecule has 0 bridgehead atoms. The van der Waals surface area contributed by atoms with Crippen LogP contribution in [0, 0.1) is 17.6 Å². The molecule has 0 spiro atoms. The van der Waals surface area contributed by atoms with Crippen molar-refractivity contribution in [2.24, 2.45) is 5.92 Å². The van der Waals surface area contributed by atoms with Gasteiger partial charge >= 0.3 is 0 Å². The van der Waals surface area contributed by atoms with Gasteiger partial charge in [0.05, 0.1) is 23.6 Å². The van der Waals surface area contributed by atoms with Crippen molar-refractivity contribution in [1.29, 1.82) is 0 Å². The minimum absolute atomic E-state index is 0.0683. The van der Waals surface area contributed by atoms with Gasteiger partial charge in [0, 0.05) is 18.7 Å². The topological polar surface area (TPSA) is 52.1 Å². The highest BCUT2D eigenvalue weighted by molar-refractivity contribution is 5.64. The lowest BCUT2D eigenvalue weighted by Gasteiger charge is -2.17. The van der Waals surface area contributed by atoms with Crippen molar-refractivity contribution in [3.63, 3.8) is 0 Å². The predicted molar refractivity (Wildman–Crippen MR) is 79.0 cm³/mol. The van der Waals surface area contributed by atoms with E-state index in [1.54, 1.807) is 13.1 Å². The Kier molecular flexibility index (Phi) is 4.22. The van der Waals surface area contributed by atoms with Crippen LogP contribution in [0.2, 0.25) is 0 Å². The number of hydrogen-bond donors (Lipinski definition) is 2. The van der Waals surface area contributed by atoms with Crippen molar-refractivity contribution in [1.82, 2.24) is 15.1 Å². The first-order valence-corrected chi connectivity index (χ1v) is 7.43. The van der Waals surface area contributed by atoms with Crippen molar-refractivity contribution in [2.75, 3.05) is 13.1 Å². The number of aromatic amines is 1. The summed E-state index contributed by atoms with van der Waals surface area (Å²) in [6.45, 7) is 4.00. The van der Waals surface area contributed by atoms with Crippen LogP contribution >= 0.6 is 0 Å². The van der Waals surface area contributed by atoms with Crippen molar-refractivity contribution in [2.45, 2.75) is 26.0 Å². The average molecular weight is 307 g/mol. The standard InChI is InChI=1S/C16H19F2N3O/c1-10(22)11-5-6-21(8-11)9-12-7-19-20-16(12)15-13(17)3-2-4-14(15)18/h2-4,7,10-11,22H,5-6,8-9H2,1H3,(H,19,20). The van der Waals surface area contributed by atoms with Gasteiger partial charge in [-0.3, -0.25) is 10.00 Å². The molecule has 6 heteroatoms. The number of halogens is 2. The second-order valence-corrected chi connectivity index (χ2v) is 5.89. The molecule has 1 aromatic heterocycles. The molecule has 2 N–H and O–H groups in total. The predicted octanol–water partition coefficient (Wildman–Crippen LogP) is 2.56. The first-order chi connectivity index (χ1) is 10.6. The summed E-state index contributed by atoms with van der Waals surface area (Å²) < 4.78 is 27.9. The summed E-state index contributed by atoms with van der Waals surface area (Å²) in [7, 11) is 0. The number of benzene rings is 1. The highest BCUT2D eigenvalue weighted by Crippen LogP contribution is 2.29. The van der Waals surface area contributed by atoms with Crippen LogP contribution in [-0.4, -0.2) is 39.4 Å². The molecular weight excluding hydrogens is 288 g/mol. The van der Waals surface area contributed by atoms with Crippen molar-refractivity contribution < 1.29 is 13.9 Å². The molecule has 3 rings (SSSR count). The second-order valence-electron chi connectivity index (χ2n) is 5.89. The van der Waals surface area contributed by atoms with Gasteiger partial charge in [-0.25, -0.2) is 8.78 Å². The van der Waals surface area contributed by atoms with E-state index in [4.69, 9.17) is 0 Å². The fraction of sp³-hybridized carbons (Fsp3) is 0.438. The maximum Gasteiger partial charge on any atom is 0.135 e. The van der Waals surface area contributed by atoms with Crippen LogP contribution in [0.3, 0.4) is 0 Å². The minimum Gasteiger partial charge on any atom is -0.393 e. The van der Waals surface area contributed by atoms with E-state index in [1.807, 2.05) is 0 Å². The van der Waals surface area contributed by atoms with E-state index in [0.717, 1.165) is 25.1 Å². The summed E-state index contributed by atoms with van der Waals surface area (Å²) in [4.78, 5) is 2.17. The number of nitrogens with one attached hydrogen (secondary N) is 1. The number of aliphatic hydroxyl groups is 1. The lowest BCUT2D eigenvalue weighted by molar-refractivity contribution is 0.127. The SMILES string of the molecule is CC(O)C1CCN(Cc2cn[nH]c2-c2c(F)cccc2F)C1. The number of likely N-dealkylation sites (tertiary alicyclic amines) is 1. The van der Waals surface area contributed by atoms with Crippen LogP contribution in [0.25, 0.3) is 11.3 Å². The van der Waals surface area contributed by atoms with Crippen LogP contribution in [0.5, 0.6) is 0 Å². The molecule has 2 aromatic rings. The molecule has 4 nitrogen and oxygen atoms in total. The number of aromatic nitrogens is 2. The van der Waals surface area contributed by atoms with Crippen LogP contribution in [-0.2, 0) is 6.54 Å². The zero-order chi connectivity index (χ0) is 15.7. The van der Waals surface area contributed by atoms with Crippen molar-refractivity contribution in [3.05, 3.63) is 41.6 Å². The summed E-state index contributed by atoms with van der Waals surface area (Å²) in [5, 5.41) is 16.3. The minimum atomic E-state index is -0.603. The summed E-state index contributed by atoms with van der Waals surface area (Å²) in [5.41, 5.74) is 1.08. The molecule has 0 radical (unpaired) electrons. The highest BCUT2D eigenvalue weighted by Gasteiger charge is 2.27. The maximum atomic E-state index is 13.9. The van der Waals surface area contributed by atoms with Gasteiger partial charge in [0.15, 0.2) is 0 Å². The van der Waals surface area contributed by atoms with E-state index in [-0.39, 0.29) is 17.6 Å². The zero-order valence-electron chi connectivity index (χ0n) is 12.4. The van der Waals surface area contributed by atoms with Crippen LogP contribution in [0.1, 0.15) is 18.9 Å². The van der Waals surface area contributed by atoms with Crippen LogP contribution in [0.4, 0.5) is 8.78 Å². The molecule has 0 aliphatic carbocycles. The molecule has 0 saturated carbocycles. The quantitative estimate of drug-likeness (QED) is 0.913. The third-order valence-electron chi connectivity index (χ3n) is 4.32. The molecule has 2 atom stereocenters. The number of nitrogens with zero attached hydrogens (tertiary/aromatic N) is 2. The molecule has 118 valence electrons. The fourth-order valence-electron chi connectivity index (χ4n) is 3.02. The molecule has 22 heavy (non-hydrogen) atoms. The van der Waals surface area contributed by atoms with Gasteiger partial charge < -0.3 is 5.11 Å². The molecule has 1 fully saturated rings.